The van der Waals surface area contributed by atoms with Gasteiger partial charge in [0.25, 0.3) is 0 Å². The van der Waals surface area contributed by atoms with E-state index in [-0.39, 0.29) is 34.9 Å². The van der Waals surface area contributed by atoms with Crippen molar-refractivity contribution in [2.75, 3.05) is 33.4 Å². The number of hydrogen-bond acceptors (Lipinski definition) is 5. The van der Waals surface area contributed by atoms with Gasteiger partial charge in [-0.05, 0) is 19.1 Å². The van der Waals surface area contributed by atoms with Crippen molar-refractivity contribution in [1.29, 1.82) is 0 Å². The first-order chi connectivity index (χ1) is 12.6. The van der Waals surface area contributed by atoms with Gasteiger partial charge in [0.2, 0.25) is 11.8 Å². The molecule has 2 amide bonds. The molecule has 1 aromatic carbocycles. The smallest absolute Gasteiger partial charge is 0.234 e. The van der Waals surface area contributed by atoms with Crippen molar-refractivity contribution in [2.24, 2.45) is 11.8 Å². The number of hydrogen-bond donors (Lipinski definition) is 0. The van der Waals surface area contributed by atoms with Crippen LogP contribution in [0.3, 0.4) is 0 Å². The van der Waals surface area contributed by atoms with Crippen LogP contribution in [-0.4, -0.2) is 66.3 Å². The zero-order valence-corrected chi connectivity index (χ0v) is 15.9. The number of carbonyl (C=O) groups excluding carboxylic acids is 2. The van der Waals surface area contributed by atoms with Crippen molar-refractivity contribution >= 4 is 23.6 Å². The van der Waals surface area contributed by atoms with Crippen LogP contribution in [0.1, 0.15) is 6.92 Å². The minimum absolute atomic E-state index is 0.00101. The molecule has 3 aliphatic rings. The van der Waals surface area contributed by atoms with E-state index >= 15 is 0 Å². The molecule has 2 fully saturated rings. The Balaban J connectivity index is 1.70. The molecule has 0 aromatic heterocycles. The first-order valence-corrected chi connectivity index (χ1v) is 9.99. The van der Waals surface area contributed by atoms with Crippen LogP contribution in [0.2, 0.25) is 0 Å². The molecule has 2 aliphatic heterocycles. The van der Waals surface area contributed by atoms with Gasteiger partial charge in [-0.2, -0.15) is 0 Å². The van der Waals surface area contributed by atoms with Gasteiger partial charge in [-0.15, -0.1) is 11.8 Å². The highest BCUT2D eigenvalue weighted by atomic mass is 32.2. The van der Waals surface area contributed by atoms with Gasteiger partial charge in [0.05, 0.1) is 25.0 Å². The molecule has 0 radical (unpaired) electrons. The standard InChI is InChI=1S/C20H24N2O3S/c1-13-12-15(22-8-10-25-11-9-22)16-17(20(24)21(2)19(16)23)18(13)26-14-6-4-3-5-7-14/h3-7,12,15-18H,8-11H2,1-2H3/t15-,16-,17-,18+/m1/s1. The molecule has 4 atom stereocenters. The van der Waals surface area contributed by atoms with Gasteiger partial charge in [-0.3, -0.25) is 19.4 Å². The number of thioether (sulfide) groups is 1. The maximum atomic E-state index is 12.9. The van der Waals surface area contributed by atoms with Gasteiger partial charge in [0, 0.05) is 36.3 Å². The molecule has 0 bridgehead atoms. The highest BCUT2D eigenvalue weighted by Crippen LogP contribution is 2.46. The number of imide groups is 1. The number of carbonyl (C=O) groups is 2. The summed E-state index contributed by atoms with van der Waals surface area (Å²) in [6, 6.07) is 10.1. The van der Waals surface area contributed by atoms with E-state index in [1.165, 1.54) is 10.5 Å². The first-order valence-electron chi connectivity index (χ1n) is 9.11. The van der Waals surface area contributed by atoms with Crippen molar-refractivity contribution < 1.29 is 14.3 Å². The fourth-order valence-electron chi connectivity index (χ4n) is 4.31. The van der Waals surface area contributed by atoms with E-state index in [1.54, 1.807) is 18.8 Å². The minimum Gasteiger partial charge on any atom is -0.379 e. The van der Waals surface area contributed by atoms with E-state index in [1.807, 2.05) is 18.2 Å². The molecular formula is C20H24N2O3S. The third kappa shape index (κ3) is 3.00. The number of likely N-dealkylation sites (tertiary alicyclic amines) is 1. The monoisotopic (exact) mass is 372 g/mol. The highest BCUT2D eigenvalue weighted by molar-refractivity contribution is 8.00. The second kappa shape index (κ2) is 7.18. The van der Waals surface area contributed by atoms with Crippen LogP contribution in [0.4, 0.5) is 0 Å². The number of rotatable bonds is 3. The van der Waals surface area contributed by atoms with Gasteiger partial charge in [-0.1, -0.05) is 29.8 Å². The number of benzene rings is 1. The highest BCUT2D eigenvalue weighted by Gasteiger charge is 2.56. The summed E-state index contributed by atoms with van der Waals surface area (Å²) in [7, 11) is 1.62. The van der Waals surface area contributed by atoms with E-state index in [0.29, 0.717) is 13.2 Å². The number of ether oxygens (including phenoxy) is 1. The summed E-state index contributed by atoms with van der Waals surface area (Å²) in [5, 5.41) is 0.00101. The molecule has 6 heteroatoms. The Bertz CT molecular complexity index is 730. The van der Waals surface area contributed by atoms with E-state index < -0.39 is 0 Å². The Morgan fingerprint density at radius 3 is 2.38 bits per heavy atom. The van der Waals surface area contributed by atoms with E-state index in [4.69, 9.17) is 4.74 Å². The predicted octanol–water partition coefficient (Wildman–Crippen LogP) is 2.04. The first kappa shape index (κ1) is 17.8. The maximum Gasteiger partial charge on any atom is 0.234 e. The van der Waals surface area contributed by atoms with Crippen molar-refractivity contribution in [3.8, 4) is 0 Å². The van der Waals surface area contributed by atoms with Gasteiger partial charge >= 0.3 is 0 Å². The van der Waals surface area contributed by atoms with Crippen LogP contribution >= 0.6 is 11.8 Å². The molecule has 1 aromatic rings. The normalized spacial score (nSPS) is 32.5. The quantitative estimate of drug-likeness (QED) is 0.600. The van der Waals surface area contributed by atoms with Crippen molar-refractivity contribution in [3.05, 3.63) is 42.0 Å². The zero-order valence-electron chi connectivity index (χ0n) is 15.1. The van der Waals surface area contributed by atoms with Gasteiger partial charge < -0.3 is 4.74 Å². The molecule has 138 valence electrons. The summed E-state index contributed by atoms with van der Waals surface area (Å²) in [5.41, 5.74) is 1.19. The van der Waals surface area contributed by atoms with Gasteiger partial charge in [-0.25, -0.2) is 0 Å². The number of fused-ring (bicyclic) bond motifs is 1. The lowest BCUT2D eigenvalue weighted by molar-refractivity contribution is -0.138. The fraction of sp³-hybridized carbons (Fsp3) is 0.500. The largest absolute Gasteiger partial charge is 0.379 e. The van der Waals surface area contributed by atoms with Crippen LogP contribution in [0.25, 0.3) is 0 Å². The average Bonchev–Trinajstić information content (AvgIpc) is 2.90. The van der Waals surface area contributed by atoms with Gasteiger partial charge in [0.1, 0.15) is 0 Å². The van der Waals surface area contributed by atoms with Crippen LogP contribution in [-0.2, 0) is 14.3 Å². The zero-order chi connectivity index (χ0) is 18.3. The Kier molecular flexibility index (Phi) is 4.90. The van der Waals surface area contributed by atoms with Crippen molar-refractivity contribution in [3.63, 3.8) is 0 Å². The Labute approximate surface area is 158 Å². The summed E-state index contributed by atoms with van der Waals surface area (Å²) in [5.74, 6) is -0.677. The van der Waals surface area contributed by atoms with Gasteiger partial charge in [0.15, 0.2) is 0 Å². The fourth-order valence-corrected chi connectivity index (χ4v) is 5.61. The maximum absolute atomic E-state index is 12.9. The molecule has 5 nitrogen and oxygen atoms in total. The number of nitrogens with zero attached hydrogens (tertiary/aromatic N) is 2. The molecule has 2 heterocycles. The van der Waals surface area contributed by atoms with E-state index in [2.05, 4.69) is 30.0 Å². The molecule has 0 unspecified atom stereocenters. The SMILES string of the molecule is CC1=C[C@@H](N2CCOCC2)[C@H]2C(=O)N(C)C(=O)[C@H]2[C@H]1Sc1ccccc1. The summed E-state index contributed by atoms with van der Waals surface area (Å²) in [6.07, 6.45) is 2.22. The second-order valence-electron chi connectivity index (χ2n) is 7.19. The van der Waals surface area contributed by atoms with E-state index in [9.17, 15) is 9.59 Å². The molecule has 0 N–H and O–H groups in total. The Hall–Kier alpha value is -1.63. The van der Waals surface area contributed by atoms with Crippen molar-refractivity contribution in [1.82, 2.24) is 9.80 Å². The van der Waals surface area contributed by atoms with Crippen LogP contribution in [0, 0.1) is 11.8 Å². The predicted molar refractivity (Wildman–Crippen MR) is 101 cm³/mol. The van der Waals surface area contributed by atoms with Crippen LogP contribution in [0.5, 0.6) is 0 Å². The number of morpholine rings is 1. The molecule has 0 spiro atoms. The molecule has 4 rings (SSSR count). The lowest BCUT2D eigenvalue weighted by atomic mass is 9.77. The van der Waals surface area contributed by atoms with Crippen LogP contribution in [0.15, 0.2) is 46.9 Å². The topological polar surface area (TPSA) is 49.9 Å². The Morgan fingerprint density at radius 1 is 1.04 bits per heavy atom. The van der Waals surface area contributed by atoms with Crippen LogP contribution < -0.4 is 0 Å². The molecule has 26 heavy (non-hydrogen) atoms. The van der Waals surface area contributed by atoms with Crippen molar-refractivity contribution in [2.45, 2.75) is 23.1 Å². The second-order valence-corrected chi connectivity index (χ2v) is 8.40. The molecule has 1 aliphatic carbocycles. The third-order valence-corrected chi connectivity index (χ3v) is 7.13. The summed E-state index contributed by atoms with van der Waals surface area (Å²) < 4.78 is 5.47. The Morgan fingerprint density at radius 2 is 1.69 bits per heavy atom. The third-order valence-electron chi connectivity index (χ3n) is 5.67. The molecular weight excluding hydrogens is 348 g/mol. The number of amides is 2. The lowest BCUT2D eigenvalue weighted by Crippen LogP contribution is -2.52. The summed E-state index contributed by atoms with van der Waals surface area (Å²) in [4.78, 5) is 30.6. The average molecular weight is 372 g/mol. The minimum atomic E-state index is -0.296. The summed E-state index contributed by atoms with van der Waals surface area (Å²) in [6.45, 7) is 5.07. The summed E-state index contributed by atoms with van der Waals surface area (Å²) >= 11 is 1.69. The van der Waals surface area contributed by atoms with E-state index in [0.717, 1.165) is 18.0 Å². The molecule has 2 saturated heterocycles. The molecule has 0 saturated carbocycles. The lowest BCUT2D eigenvalue weighted by Gasteiger charge is -2.41.